The van der Waals surface area contributed by atoms with Crippen molar-refractivity contribution in [1.82, 2.24) is 9.97 Å². The van der Waals surface area contributed by atoms with E-state index in [1.807, 2.05) is 31.1 Å². The van der Waals surface area contributed by atoms with Gasteiger partial charge in [0.25, 0.3) is 0 Å². The summed E-state index contributed by atoms with van der Waals surface area (Å²) in [5.74, 6) is 0.874. The normalized spacial score (nSPS) is 10.5. The molecule has 2 aromatic rings. The van der Waals surface area contributed by atoms with Crippen molar-refractivity contribution < 1.29 is 4.42 Å². The Hall–Kier alpha value is -1.58. The highest BCUT2D eigenvalue weighted by Gasteiger charge is 2.02. The first-order chi connectivity index (χ1) is 5.77. The van der Waals surface area contributed by atoms with Gasteiger partial charge in [-0.1, -0.05) is 0 Å². The molecule has 0 aliphatic heterocycles. The van der Waals surface area contributed by atoms with Crippen LogP contribution in [0.1, 0.15) is 0 Å². The average Bonchev–Trinajstić information content (AvgIpc) is 2.49. The molecule has 0 N–H and O–H groups in total. The van der Waals surface area contributed by atoms with Crippen LogP contribution in [0, 0.1) is 0 Å². The Morgan fingerprint density at radius 2 is 2.17 bits per heavy atom. The second-order valence-corrected chi connectivity index (χ2v) is 2.74. The van der Waals surface area contributed by atoms with E-state index in [2.05, 4.69) is 9.97 Å². The predicted octanol–water partition coefficient (Wildman–Crippen LogP) is 1.29. The van der Waals surface area contributed by atoms with Gasteiger partial charge in [0.1, 0.15) is 11.3 Å². The lowest BCUT2D eigenvalue weighted by Gasteiger charge is -2.09. The van der Waals surface area contributed by atoms with Gasteiger partial charge in [0.05, 0.1) is 0 Å². The second-order valence-electron chi connectivity index (χ2n) is 2.74. The van der Waals surface area contributed by atoms with Crippen LogP contribution in [0.2, 0.25) is 0 Å². The standard InChI is InChI=1S/C8H9N3O/c1-11(2)7-4-3-6-8(10-7)12-5-9-6/h3-5H,1-2H3. The van der Waals surface area contributed by atoms with Gasteiger partial charge in [-0.3, -0.25) is 0 Å². The minimum Gasteiger partial charge on any atom is -0.425 e. The van der Waals surface area contributed by atoms with Gasteiger partial charge in [-0.25, -0.2) is 4.98 Å². The van der Waals surface area contributed by atoms with Crippen LogP contribution in [0.3, 0.4) is 0 Å². The van der Waals surface area contributed by atoms with Gasteiger partial charge in [-0.05, 0) is 12.1 Å². The number of rotatable bonds is 1. The summed E-state index contributed by atoms with van der Waals surface area (Å²) in [6.45, 7) is 0. The fourth-order valence-corrected chi connectivity index (χ4v) is 0.990. The van der Waals surface area contributed by atoms with E-state index in [-0.39, 0.29) is 0 Å². The van der Waals surface area contributed by atoms with E-state index < -0.39 is 0 Å². The molecule has 62 valence electrons. The number of pyridine rings is 1. The lowest BCUT2D eigenvalue weighted by molar-refractivity contribution is 0.590. The third-order valence-corrected chi connectivity index (χ3v) is 1.64. The first-order valence-electron chi connectivity index (χ1n) is 3.65. The van der Waals surface area contributed by atoms with Crippen LogP contribution in [-0.4, -0.2) is 24.1 Å². The lowest BCUT2D eigenvalue weighted by Crippen LogP contribution is -2.09. The van der Waals surface area contributed by atoms with Crippen LogP contribution in [0.25, 0.3) is 11.2 Å². The molecule has 0 unspecified atom stereocenters. The maximum absolute atomic E-state index is 5.06. The summed E-state index contributed by atoms with van der Waals surface area (Å²) in [5, 5.41) is 0. The van der Waals surface area contributed by atoms with E-state index in [1.165, 1.54) is 6.39 Å². The molecule has 0 radical (unpaired) electrons. The van der Waals surface area contributed by atoms with Crippen molar-refractivity contribution in [3.05, 3.63) is 18.5 Å². The Morgan fingerprint density at radius 3 is 2.92 bits per heavy atom. The van der Waals surface area contributed by atoms with Crippen molar-refractivity contribution in [2.24, 2.45) is 0 Å². The highest BCUT2D eigenvalue weighted by atomic mass is 16.3. The monoisotopic (exact) mass is 163 g/mol. The molecule has 0 saturated carbocycles. The highest BCUT2D eigenvalue weighted by Crippen LogP contribution is 2.14. The van der Waals surface area contributed by atoms with Crippen molar-refractivity contribution >= 4 is 17.0 Å². The molecule has 0 aliphatic rings. The maximum Gasteiger partial charge on any atom is 0.248 e. The van der Waals surface area contributed by atoms with Gasteiger partial charge in [0, 0.05) is 14.1 Å². The third-order valence-electron chi connectivity index (χ3n) is 1.64. The van der Waals surface area contributed by atoms with Crippen LogP contribution in [0.5, 0.6) is 0 Å². The van der Waals surface area contributed by atoms with Crippen molar-refractivity contribution in [3.63, 3.8) is 0 Å². The summed E-state index contributed by atoms with van der Waals surface area (Å²) < 4.78 is 5.06. The van der Waals surface area contributed by atoms with Gasteiger partial charge in [0.2, 0.25) is 5.71 Å². The molecule has 0 amide bonds. The van der Waals surface area contributed by atoms with Crippen molar-refractivity contribution in [2.45, 2.75) is 0 Å². The Balaban J connectivity index is 2.60. The zero-order chi connectivity index (χ0) is 8.55. The molecule has 0 aromatic carbocycles. The molecule has 0 atom stereocenters. The average molecular weight is 163 g/mol. The minimum atomic E-state index is 0.584. The molecule has 4 nitrogen and oxygen atoms in total. The molecular weight excluding hydrogens is 154 g/mol. The molecule has 0 bridgehead atoms. The van der Waals surface area contributed by atoms with E-state index in [1.54, 1.807) is 0 Å². The van der Waals surface area contributed by atoms with Crippen molar-refractivity contribution in [2.75, 3.05) is 19.0 Å². The summed E-state index contributed by atoms with van der Waals surface area (Å²) in [6, 6.07) is 3.80. The van der Waals surface area contributed by atoms with Crippen LogP contribution >= 0.6 is 0 Å². The van der Waals surface area contributed by atoms with Crippen LogP contribution < -0.4 is 4.90 Å². The molecular formula is C8H9N3O. The number of fused-ring (bicyclic) bond motifs is 1. The summed E-state index contributed by atoms with van der Waals surface area (Å²) in [5.41, 5.74) is 1.38. The van der Waals surface area contributed by atoms with Gasteiger partial charge < -0.3 is 9.32 Å². The van der Waals surface area contributed by atoms with Crippen LogP contribution in [0.4, 0.5) is 5.82 Å². The molecule has 4 heteroatoms. The Morgan fingerprint density at radius 1 is 1.33 bits per heavy atom. The largest absolute Gasteiger partial charge is 0.425 e. The lowest BCUT2D eigenvalue weighted by atomic mass is 10.4. The fourth-order valence-electron chi connectivity index (χ4n) is 0.990. The first-order valence-corrected chi connectivity index (χ1v) is 3.65. The number of nitrogens with zero attached hydrogens (tertiary/aromatic N) is 3. The quantitative estimate of drug-likeness (QED) is 0.635. The van der Waals surface area contributed by atoms with Gasteiger partial charge >= 0.3 is 0 Å². The summed E-state index contributed by atoms with van der Waals surface area (Å²) in [6.07, 6.45) is 1.40. The highest BCUT2D eigenvalue weighted by molar-refractivity contribution is 5.69. The second kappa shape index (κ2) is 2.48. The Kier molecular flexibility index (Phi) is 1.46. The Bertz CT molecular complexity index is 394. The van der Waals surface area contributed by atoms with Crippen LogP contribution in [0.15, 0.2) is 22.9 Å². The molecule has 0 aliphatic carbocycles. The van der Waals surface area contributed by atoms with Crippen molar-refractivity contribution in [1.29, 1.82) is 0 Å². The maximum atomic E-state index is 5.06. The topological polar surface area (TPSA) is 42.2 Å². The van der Waals surface area contributed by atoms with E-state index >= 15 is 0 Å². The van der Waals surface area contributed by atoms with Crippen LogP contribution in [-0.2, 0) is 0 Å². The predicted molar refractivity (Wildman–Crippen MR) is 46.1 cm³/mol. The zero-order valence-electron chi connectivity index (χ0n) is 6.98. The summed E-state index contributed by atoms with van der Waals surface area (Å²) in [7, 11) is 3.87. The molecule has 2 heterocycles. The first kappa shape index (κ1) is 7.09. The molecule has 2 rings (SSSR count). The number of hydrogen-bond acceptors (Lipinski definition) is 4. The SMILES string of the molecule is CN(C)c1ccc2ncoc2n1. The van der Waals surface area contributed by atoms with E-state index in [0.29, 0.717) is 5.71 Å². The number of anilines is 1. The summed E-state index contributed by atoms with van der Waals surface area (Å²) in [4.78, 5) is 10.1. The van der Waals surface area contributed by atoms with Gasteiger partial charge in [0.15, 0.2) is 6.39 Å². The fraction of sp³-hybridized carbons (Fsp3) is 0.250. The minimum absolute atomic E-state index is 0.584. The zero-order valence-corrected chi connectivity index (χ0v) is 6.98. The third kappa shape index (κ3) is 1.01. The smallest absolute Gasteiger partial charge is 0.248 e. The number of hydrogen-bond donors (Lipinski definition) is 0. The molecule has 0 fully saturated rings. The van der Waals surface area contributed by atoms with Crippen molar-refractivity contribution in [3.8, 4) is 0 Å². The molecule has 0 spiro atoms. The number of oxazole rings is 1. The number of aromatic nitrogens is 2. The molecule has 0 saturated heterocycles. The Labute approximate surface area is 69.8 Å². The van der Waals surface area contributed by atoms with E-state index in [4.69, 9.17) is 4.42 Å². The van der Waals surface area contributed by atoms with Gasteiger partial charge in [-0.15, -0.1) is 0 Å². The van der Waals surface area contributed by atoms with E-state index in [0.717, 1.165) is 11.3 Å². The summed E-state index contributed by atoms with van der Waals surface area (Å²) >= 11 is 0. The van der Waals surface area contributed by atoms with E-state index in [9.17, 15) is 0 Å². The van der Waals surface area contributed by atoms with Gasteiger partial charge in [-0.2, -0.15) is 4.98 Å². The molecule has 12 heavy (non-hydrogen) atoms. The molecule has 2 aromatic heterocycles.